The normalized spacial score (nSPS) is 11.0. The number of hydrogen-bond donors (Lipinski definition) is 5. The molecule has 0 saturated carbocycles. The average Bonchev–Trinajstić information content (AvgIpc) is 3.10. The number of aryl methyl sites for hydroxylation is 1. The van der Waals surface area contributed by atoms with Crippen molar-refractivity contribution in [1.29, 1.82) is 0 Å². The van der Waals surface area contributed by atoms with Crippen molar-refractivity contribution < 1.29 is 39.9 Å². The molecule has 176 valence electrons. The van der Waals surface area contributed by atoms with Crippen LogP contribution >= 0.6 is 11.3 Å². The average molecular weight is 468 g/mol. The lowest BCUT2D eigenvalue weighted by Gasteiger charge is -2.22. The molecule has 0 fully saturated rings. The second-order valence-electron chi connectivity index (χ2n) is 7.28. The van der Waals surface area contributed by atoms with E-state index in [0.29, 0.717) is 0 Å². The van der Waals surface area contributed by atoms with Crippen LogP contribution in [0.25, 0.3) is 0 Å². The minimum atomic E-state index is -2.74. The largest absolute Gasteiger partial charge is 0.481 e. The first-order valence-corrected chi connectivity index (χ1v) is 10.7. The van der Waals surface area contributed by atoms with Gasteiger partial charge in [-0.2, -0.15) is 0 Å². The van der Waals surface area contributed by atoms with E-state index in [1.54, 1.807) is 0 Å². The number of rotatable bonds is 12. The smallest absolute Gasteiger partial charge is 0.336 e. The highest BCUT2D eigenvalue weighted by Gasteiger charge is 2.40. The van der Waals surface area contributed by atoms with E-state index in [-0.39, 0.29) is 6.61 Å². The van der Waals surface area contributed by atoms with E-state index in [2.05, 4.69) is 47.5 Å². The number of aliphatic hydroxyl groups is 2. The predicted octanol–water partition coefficient (Wildman–Crippen LogP) is 2.19. The summed E-state index contributed by atoms with van der Waals surface area (Å²) in [6.45, 7) is 5.27. The fourth-order valence-electron chi connectivity index (χ4n) is 2.83. The number of benzene rings is 1. The lowest BCUT2D eigenvalue weighted by Crippen LogP contribution is -2.42. The predicted molar refractivity (Wildman–Crippen MR) is 118 cm³/mol. The Bertz CT molecular complexity index is 852. The van der Waals surface area contributed by atoms with Crippen molar-refractivity contribution >= 4 is 29.2 Å². The quantitative estimate of drug-likeness (QED) is 0.316. The van der Waals surface area contributed by atoms with Gasteiger partial charge in [0.2, 0.25) is 0 Å². The topological polar surface area (TPSA) is 156 Å². The summed E-state index contributed by atoms with van der Waals surface area (Å²) in [7, 11) is 0. The number of aliphatic hydroxyl groups excluding tert-OH is 1. The van der Waals surface area contributed by atoms with Crippen molar-refractivity contribution in [3.05, 3.63) is 57.8 Å². The highest BCUT2D eigenvalue weighted by atomic mass is 32.1. The number of carbonyl (C=O) groups is 3. The van der Waals surface area contributed by atoms with Crippen molar-refractivity contribution in [2.24, 2.45) is 0 Å². The summed E-state index contributed by atoms with van der Waals surface area (Å²) in [4.78, 5) is 34.3. The van der Waals surface area contributed by atoms with E-state index < -0.39 is 36.4 Å². The van der Waals surface area contributed by atoms with Crippen molar-refractivity contribution in [1.82, 2.24) is 4.90 Å². The van der Waals surface area contributed by atoms with E-state index >= 15 is 0 Å². The third-order valence-corrected chi connectivity index (χ3v) is 5.51. The summed E-state index contributed by atoms with van der Waals surface area (Å²) < 4.78 is 0. The molecule has 0 amide bonds. The van der Waals surface area contributed by atoms with Gasteiger partial charge in [-0.15, -0.1) is 11.3 Å². The first kappa shape index (κ1) is 27.2. The van der Waals surface area contributed by atoms with Gasteiger partial charge in [0.15, 0.2) is 5.60 Å². The highest BCUT2D eigenvalue weighted by molar-refractivity contribution is 7.10. The number of aliphatic carboxylic acids is 3. The Kier molecular flexibility index (Phi) is 11.6. The molecule has 9 nitrogen and oxygen atoms in total. The first-order chi connectivity index (χ1) is 15.1. The molecule has 0 aliphatic rings. The molecule has 1 heterocycles. The van der Waals surface area contributed by atoms with Gasteiger partial charge in [-0.1, -0.05) is 30.3 Å². The van der Waals surface area contributed by atoms with Crippen LogP contribution in [0.5, 0.6) is 0 Å². The Morgan fingerprint density at radius 3 is 2.00 bits per heavy atom. The molecule has 1 aromatic heterocycles. The van der Waals surface area contributed by atoms with Crippen molar-refractivity contribution in [3.8, 4) is 0 Å². The minimum absolute atomic E-state index is 0.259. The molecule has 0 saturated heterocycles. The van der Waals surface area contributed by atoms with Gasteiger partial charge in [0, 0.05) is 31.1 Å². The zero-order valence-electron chi connectivity index (χ0n) is 17.8. The molecule has 0 unspecified atom stereocenters. The third kappa shape index (κ3) is 10.0. The van der Waals surface area contributed by atoms with Crippen LogP contribution in [0.1, 0.15) is 35.3 Å². The van der Waals surface area contributed by atoms with Crippen LogP contribution in [0.15, 0.2) is 41.8 Å². The Balaban J connectivity index is 0.000000347. The summed E-state index contributed by atoms with van der Waals surface area (Å²) in [5.74, 6) is -5.02. The molecule has 0 radical (unpaired) electrons. The molecule has 0 atom stereocenters. The number of hydrogen-bond acceptors (Lipinski definition) is 7. The van der Waals surface area contributed by atoms with E-state index in [4.69, 9.17) is 25.5 Å². The first-order valence-electron chi connectivity index (χ1n) is 9.87. The number of carboxylic acid groups (broad SMARTS) is 3. The second kappa shape index (κ2) is 13.6. The van der Waals surface area contributed by atoms with E-state index in [1.807, 2.05) is 17.4 Å². The Hall–Kier alpha value is -2.79. The SMILES string of the molecule is Cc1ccsc1CN(CCCO)Cc1ccccc1.O=C(O)CC(O)(CC(=O)O)C(=O)O. The van der Waals surface area contributed by atoms with E-state index in [9.17, 15) is 14.4 Å². The summed E-state index contributed by atoms with van der Waals surface area (Å²) in [6, 6.07) is 12.7. The molecule has 0 spiro atoms. The van der Waals surface area contributed by atoms with Gasteiger partial charge in [-0.25, -0.2) is 4.79 Å². The minimum Gasteiger partial charge on any atom is -0.481 e. The molecular weight excluding hydrogens is 438 g/mol. The molecular formula is C22H29NO8S. The lowest BCUT2D eigenvalue weighted by molar-refractivity contribution is -0.170. The van der Waals surface area contributed by atoms with Gasteiger partial charge >= 0.3 is 17.9 Å². The van der Waals surface area contributed by atoms with Gasteiger partial charge in [-0.3, -0.25) is 14.5 Å². The summed E-state index contributed by atoms with van der Waals surface area (Å²) in [5.41, 5.74) is -0.0424. The van der Waals surface area contributed by atoms with Crippen LogP contribution in [0.2, 0.25) is 0 Å². The maximum atomic E-state index is 10.3. The number of carboxylic acids is 3. The molecule has 0 aliphatic heterocycles. The maximum Gasteiger partial charge on any atom is 0.336 e. The molecule has 2 rings (SSSR count). The van der Waals surface area contributed by atoms with Gasteiger partial charge in [0.05, 0.1) is 12.8 Å². The Morgan fingerprint density at radius 1 is 0.969 bits per heavy atom. The lowest BCUT2D eigenvalue weighted by atomic mass is 9.96. The number of nitrogens with zero attached hydrogens (tertiary/aromatic N) is 1. The van der Waals surface area contributed by atoms with Crippen molar-refractivity contribution in [3.63, 3.8) is 0 Å². The molecule has 10 heteroatoms. The zero-order chi connectivity index (χ0) is 24.1. The summed E-state index contributed by atoms with van der Waals surface area (Å²) in [5, 5.41) is 45.0. The number of thiophene rings is 1. The summed E-state index contributed by atoms with van der Waals surface area (Å²) in [6.07, 6.45) is -1.46. The van der Waals surface area contributed by atoms with Crippen LogP contribution in [-0.2, 0) is 27.5 Å². The van der Waals surface area contributed by atoms with Gasteiger partial charge in [0.25, 0.3) is 0 Å². The molecule has 2 aromatic rings. The molecule has 32 heavy (non-hydrogen) atoms. The maximum absolute atomic E-state index is 10.3. The van der Waals surface area contributed by atoms with Crippen molar-refractivity contribution in [2.75, 3.05) is 13.2 Å². The Labute approximate surface area is 190 Å². The molecule has 0 aliphatic carbocycles. The van der Waals surface area contributed by atoms with Crippen LogP contribution in [-0.4, -0.2) is 67.1 Å². The van der Waals surface area contributed by atoms with Gasteiger partial charge in [0.1, 0.15) is 0 Å². The van der Waals surface area contributed by atoms with Crippen LogP contribution < -0.4 is 0 Å². The monoisotopic (exact) mass is 467 g/mol. The van der Waals surface area contributed by atoms with Crippen LogP contribution in [0.3, 0.4) is 0 Å². The van der Waals surface area contributed by atoms with Crippen molar-refractivity contribution in [2.45, 2.75) is 44.9 Å². The highest BCUT2D eigenvalue weighted by Crippen LogP contribution is 2.19. The van der Waals surface area contributed by atoms with Crippen LogP contribution in [0, 0.1) is 6.92 Å². The van der Waals surface area contributed by atoms with E-state index in [1.165, 1.54) is 16.0 Å². The van der Waals surface area contributed by atoms with Gasteiger partial charge in [-0.05, 0) is 35.9 Å². The second-order valence-corrected chi connectivity index (χ2v) is 8.28. The van der Waals surface area contributed by atoms with E-state index in [0.717, 1.165) is 26.1 Å². The molecule has 5 N–H and O–H groups in total. The fraction of sp³-hybridized carbons (Fsp3) is 0.409. The summed E-state index contributed by atoms with van der Waals surface area (Å²) >= 11 is 1.82. The third-order valence-electron chi connectivity index (χ3n) is 4.50. The fourth-order valence-corrected chi connectivity index (χ4v) is 3.78. The van der Waals surface area contributed by atoms with Crippen LogP contribution in [0.4, 0.5) is 0 Å². The molecule has 1 aromatic carbocycles. The van der Waals surface area contributed by atoms with Gasteiger partial charge < -0.3 is 25.5 Å². The Morgan fingerprint density at radius 2 is 1.56 bits per heavy atom. The standard InChI is InChI=1S/C16H21NOS.C6H8O7/c1-14-8-11-19-16(14)13-17(9-5-10-18)12-15-6-3-2-4-7-15;7-3(8)1-6(13,5(11)12)2-4(9)10/h2-4,6-8,11,18H,5,9-10,12-13H2,1H3;13H,1-2H2,(H,7,8)(H,9,10)(H,11,12). The molecule has 0 bridgehead atoms. The zero-order valence-corrected chi connectivity index (χ0v) is 18.6.